The Labute approximate surface area is 227 Å². The van der Waals surface area contributed by atoms with Crippen LogP contribution in [-0.4, -0.2) is 82.1 Å². The predicted octanol–water partition coefficient (Wildman–Crippen LogP) is 5.08. The second-order valence-electron chi connectivity index (χ2n) is 12.1. The minimum atomic E-state index is -0.727. The van der Waals surface area contributed by atoms with E-state index in [-0.39, 0.29) is 5.91 Å². The van der Waals surface area contributed by atoms with Gasteiger partial charge in [0.2, 0.25) is 0 Å². The number of H-pyrrole nitrogens is 1. The molecule has 0 saturated carbocycles. The number of aromatic nitrogens is 1. The molecule has 6 heteroatoms. The molecule has 2 aliphatic heterocycles. The molecule has 0 atom stereocenters. The Morgan fingerprint density at radius 2 is 1.63 bits per heavy atom. The molecular weight excluding hydrogens is 472 g/mol. The highest BCUT2D eigenvalue weighted by atomic mass is 16.3. The number of aromatic amines is 1. The van der Waals surface area contributed by atoms with E-state index >= 15 is 0 Å². The minimum absolute atomic E-state index is 0.103. The van der Waals surface area contributed by atoms with E-state index < -0.39 is 5.60 Å². The first kappa shape index (κ1) is 26.9. The monoisotopic (exact) mass is 516 g/mol. The first-order valence-corrected chi connectivity index (χ1v) is 14.3. The van der Waals surface area contributed by atoms with E-state index in [0.717, 1.165) is 80.7 Å². The number of hydrogen-bond donors (Lipinski definition) is 2. The van der Waals surface area contributed by atoms with Crippen molar-refractivity contribution in [1.29, 1.82) is 0 Å². The number of benzene rings is 2. The molecule has 38 heavy (non-hydrogen) atoms. The van der Waals surface area contributed by atoms with Crippen LogP contribution in [0.5, 0.6) is 0 Å². The van der Waals surface area contributed by atoms with Gasteiger partial charge in [-0.2, -0.15) is 0 Å². The zero-order chi connectivity index (χ0) is 26.9. The topological polar surface area (TPSA) is 62.8 Å². The molecular formula is C32H44N4O2. The average molecular weight is 517 g/mol. The van der Waals surface area contributed by atoms with Gasteiger partial charge in [-0.15, -0.1) is 0 Å². The normalized spacial score (nSPS) is 18.7. The van der Waals surface area contributed by atoms with Gasteiger partial charge in [0.25, 0.3) is 5.91 Å². The van der Waals surface area contributed by atoms with Crippen LogP contribution < -0.4 is 0 Å². The molecule has 2 N–H and O–H groups in total. The number of hydrogen-bond acceptors (Lipinski definition) is 4. The summed E-state index contributed by atoms with van der Waals surface area (Å²) < 4.78 is 0. The molecule has 2 aliphatic rings. The highest BCUT2D eigenvalue weighted by Crippen LogP contribution is 2.34. The number of nitrogens with zero attached hydrogens (tertiary/aromatic N) is 3. The van der Waals surface area contributed by atoms with Crippen LogP contribution in [0.3, 0.4) is 0 Å². The van der Waals surface area contributed by atoms with Gasteiger partial charge < -0.3 is 15.0 Å². The maximum Gasteiger partial charge on any atom is 0.270 e. The van der Waals surface area contributed by atoms with Gasteiger partial charge in [0, 0.05) is 55.7 Å². The average Bonchev–Trinajstić information content (AvgIpc) is 3.07. The second kappa shape index (κ2) is 11.2. The van der Waals surface area contributed by atoms with E-state index in [4.69, 9.17) is 0 Å². The second-order valence-corrected chi connectivity index (χ2v) is 12.1. The summed E-state index contributed by atoms with van der Waals surface area (Å²) in [5.41, 5.74) is 6.55. The quantitative estimate of drug-likeness (QED) is 0.480. The molecule has 204 valence electrons. The number of rotatable bonds is 6. The number of piperidine rings is 1. The lowest BCUT2D eigenvalue weighted by atomic mass is 9.84. The van der Waals surface area contributed by atoms with Crippen molar-refractivity contribution in [2.45, 2.75) is 65.0 Å². The van der Waals surface area contributed by atoms with Crippen molar-refractivity contribution in [3.05, 3.63) is 70.4 Å². The zero-order valence-electron chi connectivity index (χ0n) is 23.6. The zero-order valence-corrected chi connectivity index (χ0v) is 23.6. The van der Waals surface area contributed by atoms with Gasteiger partial charge in [0.05, 0.1) is 5.60 Å². The lowest BCUT2D eigenvalue weighted by Crippen LogP contribution is -2.41. The molecule has 3 heterocycles. The van der Waals surface area contributed by atoms with Crippen molar-refractivity contribution < 1.29 is 9.90 Å². The van der Waals surface area contributed by atoms with E-state index in [1.165, 1.54) is 16.7 Å². The third-order valence-electron chi connectivity index (χ3n) is 8.43. The summed E-state index contributed by atoms with van der Waals surface area (Å²) in [7, 11) is 0. The Morgan fingerprint density at radius 1 is 0.921 bits per heavy atom. The maximum absolute atomic E-state index is 13.9. The summed E-state index contributed by atoms with van der Waals surface area (Å²) in [5.74, 6) is 0.715. The van der Waals surface area contributed by atoms with Crippen molar-refractivity contribution >= 4 is 16.8 Å². The Bertz CT molecular complexity index is 1250. The van der Waals surface area contributed by atoms with E-state index in [2.05, 4.69) is 65.0 Å². The van der Waals surface area contributed by atoms with Crippen molar-refractivity contribution in [2.75, 3.05) is 45.8 Å². The van der Waals surface area contributed by atoms with E-state index in [9.17, 15) is 9.90 Å². The van der Waals surface area contributed by atoms with Gasteiger partial charge in [-0.05, 0) is 88.7 Å². The Kier molecular flexibility index (Phi) is 7.94. The number of amides is 1. The van der Waals surface area contributed by atoms with Gasteiger partial charge in [0.15, 0.2) is 0 Å². The molecule has 0 radical (unpaired) electrons. The molecule has 0 aliphatic carbocycles. The number of β-amino-alcohol motifs (C(OH)–C–C–N with tert-alkyl or cyclic N) is 1. The van der Waals surface area contributed by atoms with Crippen LogP contribution in [0.4, 0.5) is 0 Å². The third-order valence-corrected chi connectivity index (χ3v) is 8.43. The van der Waals surface area contributed by atoms with Gasteiger partial charge in [0.1, 0.15) is 5.69 Å². The highest BCUT2D eigenvalue weighted by Gasteiger charge is 2.29. The fourth-order valence-corrected chi connectivity index (χ4v) is 6.66. The standard InChI is InChI=1S/C32H44N4O2/c1-23-9-7-10-24(2)29(23)25-13-17-34(18-14-25)21-27-26-11-5-6-12-28(26)33-30(27)31(37)36-16-8-15-35(19-20-36)22-32(3,4)38/h5-7,9-12,25,33,38H,8,13-22H2,1-4H3. The van der Waals surface area contributed by atoms with Gasteiger partial charge in [-0.3, -0.25) is 14.6 Å². The Hall–Kier alpha value is -2.67. The number of aryl methyl sites for hydroxylation is 2. The third kappa shape index (κ3) is 5.98. The molecule has 2 aromatic carbocycles. The summed E-state index contributed by atoms with van der Waals surface area (Å²) in [6.45, 7) is 14.8. The first-order chi connectivity index (χ1) is 18.2. The maximum atomic E-state index is 13.9. The molecule has 0 bridgehead atoms. The number of nitrogens with one attached hydrogen (secondary N) is 1. The van der Waals surface area contributed by atoms with Gasteiger partial charge in [-0.1, -0.05) is 36.4 Å². The number of likely N-dealkylation sites (tertiary alicyclic amines) is 1. The number of aliphatic hydroxyl groups is 1. The lowest BCUT2D eigenvalue weighted by Gasteiger charge is -2.33. The fraction of sp³-hybridized carbons (Fsp3) is 0.531. The van der Waals surface area contributed by atoms with Crippen LogP contribution in [0.1, 0.15) is 71.8 Å². The summed E-state index contributed by atoms with van der Waals surface area (Å²) in [4.78, 5) is 24.2. The first-order valence-electron chi connectivity index (χ1n) is 14.3. The van der Waals surface area contributed by atoms with Crippen LogP contribution in [0.2, 0.25) is 0 Å². The molecule has 1 amide bonds. The number of carbonyl (C=O) groups is 1. The number of para-hydroxylation sites is 1. The molecule has 2 saturated heterocycles. The van der Waals surface area contributed by atoms with Crippen LogP contribution in [0.15, 0.2) is 42.5 Å². The highest BCUT2D eigenvalue weighted by molar-refractivity contribution is 6.01. The molecule has 0 spiro atoms. The predicted molar refractivity (Wildman–Crippen MR) is 155 cm³/mol. The smallest absolute Gasteiger partial charge is 0.270 e. The van der Waals surface area contributed by atoms with Crippen molar-refractivity contribution in [2.24, 2.45) is 0 Å². The Morgan fingerprint density at radius 3 is 2.34 bits per heavy atom. The van der Waals surface area contributed by atoms with Crippen molar-refractivity contribution in [1.82, 2.24) is 19.7 Å². The summed E-state index contributed by atoms with van der Waals surface area (Å²) in [5, 5.41) is 11.4. The number of fused-ring (bicyclic) bond motifs is 1. The van der Waals surface area contributed by atoms with Crippen molar-refractivity contribution in [3.63, 3.8) is 0 Å². The van der Waals surface area contributed by atoms with E-state index in [1.54, 1.807) is 0 Å². The van der Waals surface area contributed by atoms with Gasteiger partial charge in [-0.25, -0.2) is 0 Å². The fourth-order valence-electron chi connectivity index (χ4n) is 6.66. The largest absolute Gasteiger partial charge is 0.389 e. The van der Waals surface area contributed by atoms with Crippen LogP contribution in [0.25, 0.3) is 10.9 Å². The molecule has 0 unspecified atom stereocenters. The lowest BCUT2D eigenvalue weighted by molar-refractivity contribution is 0.0374. The SMILES string of the molecule is Cc1cccc(C)c1C1CCN(Cc2c(C(=O)N3CCCN(CC(C)(C)O)CC3)[nH]c3ccccc23)CC1. The summed E-state index contributed by atoms with van der Waals surface area (Å²) in [6, 6.07) is 15.0. The number of carbonyl (C=O) groups excluding carboxylic acids is 1. The minimum Gasteiger partial charge on any atom is -0.389 e. The summed E-state index contributed by atoms with van der Waals surface area (Å²) in [6.07, 6.45) is 3.23. The summed E-state index contributed by atoms with van der Waals surface area (Å²) >= 11 is 0. The van der Waals surface area contributed by atoms with Gasteiger partial charge >= 0.3 is 0 Å². The molecule has 3 aromatic rings. The molecule has 6 nitrogen and oxygen atoms in total. The molecule has 1 aromatic heterocycles. The van der Waals surface area contributed by atoms with Crippen LogP contribution in [0, 0.1) is 13.8 Å². The Balaban J connectivity index is 1.31. The molecule has 5 rings (SSSR count). The van der Waals surface area contributed by atoms with Crippen LogP contribution in [-0.2, 0) is 6.54 Å². The van der Waals surface area contributed by atoms with Crippen molar-refractivity contribution in [3.8, 4) is 0 Å². The van der Waals surface area contributed by atoms with Crippen LogP contribution >= 0.6 is 0 Å². The molecule has 2 fully saturated rings. The van der Waals surface area contributed by atoms with E-state index in [1.807, 2.05) is 24.8 Å². The van der Waals surface area contributed by atoms with E-state index in [0.29, 0.717) is 19.0 Å².